The topological polar surface area (TPSA) is 137 Å². The molecule has 1 aliphatic carbocycles. The van der Waals surface area contributed by atoms with Gasteiger partial charge in [-0.2, -0.15) is 5.10 Å². The predicted molar refractivity (Wildman–Crippen MR) is 119 cm³/mol. The van der Waals surface area contributed by atoms with Crippen molar-refractivity contribution in [3.05, 3.63) is 54.7 Å². The number of hydrogen-bond donors (Lipinski definition) is 3. The minimum Gasteiger partial charge on any atom is -0.383 e. The van der Waals surface area contributed by atoms with Gasteiger partial charge in [0.05, 0.1) is 17.6 Å². The zero-order valence-corrected chi connectivity index (χ0v) is 17.1. The lowest BCUT2D eigenvalue weighted by Crippen LogP contribution is -2.35. The second-order valence-electron chi connectivity index (χ2n) is 8.29. The monoisotopic (exact) mass is 427 g/mol. The van der Waals surface area contributed by atoms with Crippen molar-refractivity contribution in [1.82, 2.24) is 35.0 Å². The Labute approximate surface area is 183 Å². The maximum atomic E-state index is 12.5. The van der Waals surface area contributed by atoms with Crippen molar-refractivity contribution in [3.8, 4) is 11.3 Å². The van der Waals surface area contributed by atoms with E-state index in [1.807, 2.05) is 16.8 Å². The summed E-state index contributed by atoms with van der Waals surface area (Å²) in [5.74, 6) is 1.22. The molecule has 1 saturated carbocycles. The van der Waals surface area contributed by atoms with E-state index < -0.39 is 0 Å². The molecule has 3 atom stereocenters. The molecule has 3 aromatic heterocycles. The van der Waals surface area contributed by atoms with Crippen molar-refractivity contribution in [2.75, 3.05) is 17.6 Å². The van der Waals surface area contributed by atoms with E-state index in [2.05, 4.69) is 30.6 Å². The van der Waals surface area contributed by atoms with Crippen LogP contribution >= 0.6 is 0 Å². The molecule has 6 rings (SSSR count). The fraction of sp³-hybridized carbons (Fsp3) is 0.273. The van der Waals surface area contributed by atoms with Crippen LogP contribution in [0.25, 0.3) is 22.3 Å². The summed E-state index contributed by atoms with van der Waals surface area (Å²) in [4.78, 5) is 29.3. The average molecular weight is 427 g/mol. The van der Waals surface area contributed by atoms with Crippen molar-refractivity contribution in [1.29, 1.82) is 0 Å². The van der Waals surface area contributed by atoms with E-state index in [0.29, 0.717) is 29.2 Å². The molecule has 3 unspecified atom stereocenters. The fourth-order valence-electron chi connectivity index (χ4n) is 4.85. The summed E-state index contributed by atoms with van der Waals surface area (Å²) in [6, 6.07) is 7.89. The van der Waals surface area contributed by atoms with Gasteiger partial charge in [-0.3, -0.25) is 9.78 Å². The van der Waals surface area contributed by atoms with Crippen LogP contribution in [0.2, 0.25) is 0 Å². The summed E-state index contributed by atoms with van der Waals surface area (Å²) in [5.41, 5.74) is 9.07. The first kappa shape index (κ1) is 18.8. The molecule has 1 amide bonds. The quantitative estimate of drug-likeness (QED) is 0.450. The highest BCUT2D eigenvalue weighted by Gasteiger charge is 2.42. The van der Waals surface area contributed by atoms with Gasteiger partial charge in [-0.1, -0.05) is 12.1 Å². The Balaban J connectivity index is 1.35. The van der Waals surface area contributed by atoms with E-state index in [1.54, 1.807) is 18.3 Å². The van der Waals surface area contributed by atoms with E-state index in [4.69, 9.17) is 10.8 Å². The summed E-state index contributed by atoms with van der Waals surface area (Å²) >= 11 is 0. The number of carbonyl (C=O) groups excluding carboxylic acids is 1. The van der Waals surface area contributed by atoms with Gasteiger partial charge < -0.3 is 16.4 Å². The largest absolute Gasteiger partial charge is 0.383 e. The van der Waals surface area contributed by atoms with E-state index >= 15 is 0 Å². The summed E-state index contributed by atoms with van der Waals surface area (Å²) < 4.78 is 2.01. The second kappa shape index (κ2) is 7.34. The highest BCUT2D eigenvalue weighted by atomic mass is 16.1. The van der Waals surface area contributed by atoms with Crippen molar-refractivity contribution in [3.63, 3.8) is 0 Å². The minimum absolute atomic E-state index is 0.247. The van der Waals surface area contributed by atoms with Gasteiger partial charge in [0.2, 0.25) is 0 Å². The molecule has 1 saturated heterocycles. The lowest BCUT2D eigenvalue weighted by atomic mass is 10.1. The van der Waals surface area contributed by atoms with Gasteiger partial charge in [0.15, 0.2) is 11.5 Å². The van der Waals surface area contributed by atoms with Crippen LogP contribution in [-0.2, 0) is 0 Å². The molecule has 4 aromatic rings. The molecule has 1 aliphatic heterocycles. The van der Waals surface area contributed by atoms with Crippen molar-refractivity contribution < 1.29 is 4.79 Å². The number of hydrogen-bond acceptors (Lipinski definition) is 8. The Morgan fingerprint density at radius 2 is 2.00 bits per heavy atom. The predicted octanol–water partition coefficient (Wildman–Crippen LogP) is 2.04. The minimum atomic E-state index is -0.261. The second-order valence-corrected chi connectivity index (χ2v) is 8.29. The number of piperidine rings is 1. The molecule has 2 bridgehead atoms. The molecule has 10 heteroatoms. The normalized spacial score (nSPS) is 21.8. The van der Waals surface area contributed by atoms with Crippen LogP contribution < -0.4 is 16.4 Å². The van der Waals surface area contributed by atoms with Gasteiger partial charge in [0.25, 0.3) is 5.91 Å². The smallest absolute Gasteiger partial charge is 0.256 e. The molecular formula is C22H21N9O. The molecule has 10 nitrogen and oxygen atoms in total. The van der Waals surface area contributed by atoms with Gasteiger partial charge in [0.1, 0.15) is 17.8 Å². The fourth-order valence-corrected chi connectivity index (χ4v) is 4.85. The lowest BCUT2D eigenvalue weighted by molar-refractivity contribution is 0.102. The van der Waals surface area contributed by atoms with Crippen molar-refractivity contribution in [2.45, 2.75) is 24.9 Å². The van der Waals surface area contributed by atoms with Crippen LogP contribution in [0.3, 0.4) is 0 Å². The number of nitrogens with zero attached hydrogens (tertiary/aromatic N) is 6. The highest BCUT2D eigenvalue weighted by molar-refractivity contribution is 6.04. The summed E-state index contributed by atoms with van der Waals surface area (Å²) in [7, 11) is 0. The Kier molecular flexibility index (Phi) is 4.32. The van der Waals surface area contributed by atoms with Crippen LogP contribution in [0.15, 0.2) is 49.2 Å². The first-order valence-electron chi connectivity index (χ1n) is 10.6. The van der Waals surface area contributed by atoms with Crippen LogP contribution in [0, 0.1) is 5.92 Å². The number of carbonyl (C=O) groups is 1. The van der Waals surface area contributed by atoms with Gasteiger partial charge in [-0.15, -0.1) is 0 Å². The maximum Gasteiger partial charge on any atom is 0.256 e. The van der Waals surface area contributed by atoms with Crippen LogP contribution in [0.4, 0.5) is 11.6 Å². The maximum absolute atomic E-state index is 12.5. The first-order chi connectivity index (χ1) is 15.7. The standard InChI is InChI=1S/C22H21N9O/c23-20-18-19(13-1-3-14(4-2-13)22(32)29-17-10-24-5-6-25-17)30-31(21(18)28-11-27-20)16-8-12-7-15(16)26-9-12/h1-6,10-12,15-16,26H,7-9H2,(H2,23,27,28)(H,25,29,32). The third-order valence-corrected chi connectivity index (χ3v) is 6.35. The molecule has 2 aliphatic rings. The number of fused-ring (bicyclic) bond motifs is 3. The number of nitrogens with two attached hydrogens (primary N) is 1. The number of rotatable bonds is 4. The van der Waals surface area contributed by atoms with Gasteiger partial charge in [-0.25, -0.2) is 19.6 Å². The third kappa shape index (κ3) is 3.07. The van der Waals surface area contributed by atoms with Gasteiger partial charge in [-0.05, 0) is 37.4 Å². The molecule has 4 N–H and O–H groups in total. The number of nitrogens with one attached hydrogen (secondary N) is 2. The summed E-state index contributed by atoms with van der Waals surface area (Å²) in [6.45, 7) is 1.07. The summed E-state index contributed by atoms with van der Waals surface area (Å²) in [6.07, 6.45) is 8.31. The molecule has 0 spiro atoms. The van der Waals surface area contributed by atoms with Crippen LogP contribution in [0.1, 0.15) is 29.2 Å². The number of nitrogen functional groups attached to an aromatic ring is 1. The van der Waals surface area contributed by atoms with Gasteiger partial charge >= 0.3 is 0 Å². The average Bonchev–Trinajstić information content (AvgIpc) is 3.55. The Morgan fingerprint density at radius 3 is 2.72 bits per heavy atom. The molecule has 4 heterocycles. The summed E-state index contributed by atoms with van der Waals surface area (Å²) in [5, 5.41) is 12.0. The highest BCUT2D eigenvalue weighted by Crippen LogP contribution is 2.41. The van der Waals surface area contributed by atoms with E-state index in [-0.39, 0.29) is 11.9 Å². The number of anilines is 2. The number of benzene rings is 1. The van der Waals surface area contributed by atoms with E-state index in [0.717, 1.165) is 41.7 Å². The molecule has 0 radical (unpaired) electrons. The molecule has 160 valence electrons. The molecular weight excluding hydrogens is 406 g/mol. The Morgan fingerprint density at radius 1 is 1.12 bits per heavy atom. The first-order valence-corrected chi connectivity index (χ1v) is 10.6. The Hall–Kier alpha value is -3.92. The number of amides is 1. The molecule has 1 aromatic carbocycles. The zero-order chi connectivity index (χ0) is 21.7. The molecule has 32 heavy (non-hydrogen) atoms. The van der Waals surface area contributed by atoms with Gasteiger partial charge in [0, 0.05) is 29.6 Å². The van der Waals surface area contributed by atoms with Crippen molar-refractivity contribution in [2.24, 2.45) is 5.92 Å². The zero-order valence-electron chi connectivity index (χ0n) is 17.1. The van der Waals surface area contributed by atoms with Crippen molar-refractivity contribution >= 4 is 28.6 Å². The SMILES string of the molecule is Nc1ncnc2c1c(-c1ccc(C(=O)Nc3cnccn3)cc1)nn2C1CC2CNC1C2. The van der Waals surface area contributed by atoms with E-state index in [1.165, 1.54) is 18.7 Å². The molecule has 2 fully saturated rings. The third-order valence-electron chi connectivity index (χ3n) is 6.35. The lowest BCUT2D eigenvalue weighted by Gasteiger charge is -2.23. The van der Waals surface area contributed by atoms with E-state index in [9.17, 15) is 4.79 Å². The number of aromatic nitrogens is 6. The van der Waals surface area contributed by atoms with Crippen LogP contribution in [0.5, 0.6) is 0 Å². The van der Waals surface area contributed by atoms with Crippen LogP contribution in [-0.4, -0.2) is 48.2 Å². The Bertz CT molecular complexity index is 1300.